The number of rotatable bonds is 40. The molecule has 0 radical (unpaired) electrons. The first-order valence-electron chi connectivity index (χ1n) is 22.6. The van der Waals surface area contributed by atoms with Crippen molar-refractivity contribution in [3.8, 4) is 0 Å². The third-order valence-electron chi connectivity index (χ3n) is 9.76. The van der Waals surface area contributed by atoms with E-state index >= 15 is 0 Å². The number of aliphatic hydroxyl groups is 2. The highest BCUT2D eigenvalue weighted by molar-refractivity contribution is 5.76. The number of carbonyl (C=O) groups is 2. The topological polar surface area (TPSA) is 95.9 Å². The number of unbranched alkanes of at least 4 members (excludes halogenated alkanes) is 22. The molecule has 0 bridgehead atoms. The molecule has 0 aliphatic carbocycles. The molecule has 0 rings (SSSR count). The molecule has 0 saturated carbocycles. The Morgan fingerprint density at radius 2 is 1.02 bits per heavy atom. The van der Waals surface area contributed by atoms with Crippen LogP contribution in [-0.2, 0) is 14.3 Å². The van der Waals surface area contributed by atoms with Crippen LogP contribution in [0.15, 0.2) is 60.8 Å². The van der Waals surface area contributed by atoms with Gasteiger partial charge in [0.15, 0.2) is 0 Å². The average Bonchev–Trinajstić information content (AvgIpc) is 3.17. The highest BCUT2D eigenvalue weighted by atomic mass is 16.5. The standard InChI is InChI=1S/C48H85NO5/c1-3-5-7-9-11-13-14-18-22-26-30-34-38-42-48(53)54-43-39-35-31-27-23-20-17-15-16-19-21-25-29-33-37-41-47(52)49-45(44-50)46(51)40-36-32-28-24-12-10-8-6-4-2/h7,9,13-15,17,20,23,36,40,45-46,50-51H,3-6,8,10-12,16,18-19,21-22,24-35,37-39,41-44H2,1-2H3,(H,49,52)/b9-7-,14-13-,17-15-,23-20-,40-36+. The summed E-state index contributed by atoms with van der Waals surface area (Å²) in [7, 11) is 0. The normalized spacial score (nSPS) is 13.3. The molecule has 0 heterocycles. The lowest BCUT2D eigenvalue weighted by atomic mass is 10.1. The Labute approximate surface area is 333 Å². The minimum Gasteiger partial charge on any atom is -0.466 e. The van der Waals surface area contributed by atoms with Gasteiger partial charge in [0.25, 0.3) is 0 Å². The number of hydrogen-bond donors (Lipinski definition) is 3. The zero-order chi connectivity index (χ0) is 39.4. The highest BCUT2D eigenvalue weighted by Crippen LogP contribution is 2.12. The lowest BCUT2D eigenvalue weighted by molar-refractivity contribution is -0.143. The van der Waals surface area contributed by atoms with Gasteiger partial charge in [-0.25, -0.2) is 0 Å². The van der Waals surface area contributed by atoms with Crippen molar-refractivity contribution in [3.63, 3.8) is 0 Å². The number of amides is 1. The van der Waals surface area contributed by atoms with E-state index in [-0.39, 0.29) is 18.5 Å². The van der Waals surface area contributed by atoms with Crippen molar-refractivity contribution in [1.82, 2.24) is 5.32 Å². The molecule has 0 aliphatic heterocycles. The second-order valence-corrected chi connectivity index (χ2v) is 15.0. The molecule has 54 heavy (non-hydrogen) atoms. The van der Waals surface area contributed by atoms with Crippen LogP contribution in [0.3, 0.4) is 0 Å². The van der Waals surface area contributed by atoms with Gasteiger partial charge in [-0.05, 0) is 89.9 Å². The number of allylic oxidation sites excluding steroid dienone is 9. The minimum absolute atomic E-state index is 0.0402. The van der Waals surface area contributed by atoms with Gasteiger partial charge in [-0.3, -0.25) is 9.59 Å². The van der Waals surface area contributed by atoms with Gasteiger partial charge in [0.05, 0.1) is 25.4 Å². The fourth-order valence-electron chi connectivity index (χ4n) is 6.25. The summed E-state index contributed by atoms with van der Waals surface area (Å²) < 4.78 is 5.41. The number of carbonyl (C=O) groups excluding carboxylic acids is 2. The van der Waals surface area contributed by atoms with Crippen molar-refractivity contribution in [2.24, 2.45) is 0 Å². The SMILES string of the molecule is CCC/C=C\C/C=C\CCCCCCCC(=O)OCCCCC/C=C\C=C/CCCCCCCCC(=O)NC(CO)C(O)/C=C/CCCCCCCCC. The summed E-state index contributed by atoms with van der Waals surface area (Å²) in [6, 6.07) is -0.643. The van der Waals surface area contributed by atoms with Crippen LogP contribution in [0, 0.1) is 0 Å². The Morgan fingerprint density at radius 3 is 1.59 bits per heavy atom. The molecule has 0 aromatic carbocycles. The van der Waals surface area contributed by atoms with Crippen molar-refractivity contribution < 1.29 is 24.5 Å². The van der Waals surface area contributed by atoms with E-state index in [4.69, 9.17) is 4.74 Å². The van der Waals surface area contributed by atoms with Crippen LogP contribution < -0.4 is 5.32 Å². The number of ether oxygens (including phenoxy) is 1. The minimum atomic E-state index is -0.858. The Bertz CT molecular complexity index is 968. The second kappa shape index (κ2) is 43.3. The Morgan fingerprint density at radius 1 is 0.537 bits per heavy atom. The fourth-order valence-corrected chi connectivity index (χ4v) is 6.25. The molecule has 0 aromatic rings. The summed E-state index contributed by atoms with van der Waals surface area (Å²) in [6.45, 7) is 4.71. The number of aliphatic hydroxyl groups excluding tert-OH is 2. The summed E-state index contributed by atoms with van der Waals surface area (Å²) in [6.07, 6.45) is 53.5. The maximum Gasteiger partial charge on any atom is 0.305 e. The van der Waals surface area contributed by atoms with E-state index in [0.29, 0.717) is 19.4 Å². The first-order chi connectivity index (χ1) is 26.5. The molecule has 6 nitrogen and oxygen atoms in total. The third-order valence-corrected chi connectivity index (χ3v) is 9.76. The number of nitrogens with one attached hydrogen (secondary N) is 1. The van der Waals surface area contributed by atoms with Crippen molar-refractivity contribution in [2.75, 3.05) is 13.2 Å². The van der Waals surface area contributed by atoms with Crippen LogP contribution in [0.2, 0.25) is 0 Å². The van der Waals surface area contributed by atoms with Crippen LogP contribution in [0.25, 0.3) is 0 Å². The van der Waals surface area contributed by atoms with E-state index in [1.165, 1.54) is 89.9 Å². The summed E-state index contributed by atoms with van der Waals surface area (Å²) in [5.74, 6) is -0.137. The van der Waals surface area contributed by atoms with Gasteiger partial charge in [0, 0.05) is 12.8 Å². The summed E-state index contributed by atoms with van der Waals surface area (Å²) in [5.41, 5.74) is 0. The van der Waals surface area contributed by atoms with Crippen LogP contribution >= 0.6 is 0 Å². The zero-order valence-corrected chi connectivity index (χ0v) is 35.2. The summed E-state index contributed by atoms with van der Waals surface area (Å²) in [5, 5.41) is 22.8. The van der Waals surface area contributed by atoms with Gasteiger partial charge < -0.3 is 20.3 Å². The van der Waals surface area contributed by atoms with Gasteiger partial charge in [0.2, 0.25) is 5.91 Å². The fraction of sp³-hybridized carbons (Fsp3) is 0.750. The quantitative estimate of drug-likeness (QED) is 0.0250. The predicted molar refractivity (Wildman–Crippen MR) is 232 cm³/mol. The zero-order valence-electron chi connectivity index (χ0n) is 35.2. The molecule has 2 unspecified atom stereocenters. The highest BCUT2D eigenvalue weighted by Gasteiger charge is 2.18. The van der Waals surface area contributed by atoms with E-state index in [1.807, 2.05) is 6.08 Å². The molecule has 6 heteroatoms. The van der Waals surface area contributed by atoms with Crippen LogP contribution in [0.5, 0.6) is 0 Å². The van der Waals surface area contributed by atoms with E-state index in [0.717, 1.165) is 89.9 Å². The molecule has 0 spiro atoms. The molecule has 0 aliphatic rings. The maximum absolute atomic E-state index is 12.3. The Kier molecular flexibility index (Phi) is 41.3. The monoisotopic (exact) mass is 756 g/mol. The van der Waals surface area contributed by atoms with E-state index in [9.17, 15) is 19.8 Å². The first kappa shape index (κ1) is 51.6. The van der Waals surface area contributed by atoms with Gasteiger partial charge in [-0.2, -0.15) is 0 Å². The van der Waals surface area contributed by atoms with Gasteiger partial charge in [-0.15, -0.1) is 0 Å². The Balaban J connectivity index is 3.57. The summed E-state index contributed by atoms with van der Waals surface area (Å²) in [4.78, 5) is 24.3. The smallest absolute Gasteiger partial charge is 0.305 e. The molecule has 0 aromatic heterocycles. The maximum atomic E-state index is 12.3. The molecule has 0 fully saturated rings. The van der Waals surface area contributed by atoms with Crippen molar-refractivity contribution in [3.05, 3.63) is 60.8 Å². The second-order valence-electron chi connectivity index (χ2n) is 15.0. The van der Waals surface area contributed by atoms with Gasteiger partial charge >= 0.3 is 5.97 Å². The molecular formula is C48H85NO5. The average molecular weight is 756 g/mol. The molecule has 1 amide bonds. The van der Waals surface area contributed by atoms with Crippen molar-refractivity contribution in [2.45, 2.75) is 219 Å². The lowest BCUT2D eigenvalue weighted by Gasteiger charge is -2.20. The molecule has 312 valence electrons. The largest absolute Gasteiger partial charge is 0.466 e. The molecule has 2 atom stereocenters. The van der Waals surface area contributed by atoms with E-state index in [2.05, 4.69) is 67.8 Å². The number of hydrogen-bond acceptors (Lipinski definition) is 5. The van der Waals surface area contributed by atoms with E-state index < -0.39 is 12.1 Å². The summed E-state index contributed by atoms with van der Waals surface area (Å²) >= 11 is 0. The van der Waals surface area contributed by atoms with Gasteiger partial charge in [0.1, 0.15) is 0 Å². The first-order valence-corrected chi connectivity index (χ1v) is 22.6. The lowest BCUT2D eigenvalue weighted by Crippen LogP contribution is -2.45. The number of esters is 1. The predicted octanol–water partition coefficient (Wildman–Crippen LogP) is 12.9. The van der Waals surface area contributed by atoms with Gasteiger partial charge in [-0.1, -0.05) is 164 Å². The van der Waals surface area contributed by atoms with Crippen molar-refractivity contribution >= 4 is 11.9 Å². The van der Waals surface area contributed by atoms with Crippen LogP contribution in [0.1, 0.15) is 206 Å². The Hall–Kier alpha value is -2.44. The third kappa shape index (κ3) is 39.3. The van der Waals surface area contributed by atoms with Crippen LogP contribution in [0.4, 0.5) is 0 Å². The molecule has 3 N–H and O–H groups in total. The van der Waals surface area contributed by atoms with E-state index in [1.54, 1.807) is 6.08 Å². The molecule has 0 saturated heterocycles. The van der Waals surface area contributed by atoms with Crippen molar-refractivity contribution in [1.29, 1.82) is 0 Å². The van der Waals surface area contributed by atoms with Crippen LogP contribution in [-0.4, -0.2) is 47.4 Å². The molecular weight excluding hydrogens is 671 g/mol.